The van der Waals surface area contributed by atoms with Gasteiger partial charge in [-0.15, -0.1) is 0 Å². The third-order valence-corrected chi connectivity index (χ3v) is 2.45. The summed E-state index contributed by atoms with van der Waals surface area (Å²) in [5, 5.41) is 0. The molecule has 50 valence electrons. The van der Waals surface area contributed by atoms with Crippen molar-refractivity contribution in [2.45, 2.75) is 25.6 Å². The van der Waals surface area contributed by atoms with Crippen LogP contribution in [0.5, 0.6) is 0 Å². The summed E-state index contributed by atoms with van der Waals surface area (Å²) in [7, 11) is -2.42. The van der Waals surface area contributed by atoms with Crippen LogP contribution in [0.4, 0.5) is 8.50 Å². The summed E-state index contributed by atoms with van der Waals surface area (Å²) in [4.78, 5) is 0. The van der Waals surface area contributed by atoms with Gasteiger partial charge in [-0.2, -0.15) is 0 Å². The highest BCUT2D eigenvalue weighted by Gasteiger charge is 2.18. The summed E-state index contributed by atoms with van der Waals surface area (Å²) in [5.41, 5.74) is 0. The SMILES string of the molecule is C[Si](C)(F)CCCF. The highest BCUT2D eigenvalue weighted by Crippen LogP contribution is 2.12. The largest absolute Gasteiger partial charge is 0.314 e. The zero-order valence-corrected chi connectivity index (χ0v) is 6.38. The Hall–Kier alpha value is 0.0769. The lowest BCUT2D eigenvalue weighted by Gasteiger charge is -2.07. The van der Waals surface area contributed by atoms with Crippen molar-refractivity contribution in [3.05, 3.63) is 0 Å². The molecule has 0 radical (unpaired) electrons. The highest BCUT2D eigenvalue weighted by atomic mass is 28.4. The fourth-order valence-corrected chi connectivity index (χ4v) is 1.46. The van der Waals surface area contributed by atoms with Crippen LogP contribution in [-0.4, -0.2) is 15.1 Å². The average molecular weight is 138 g/mol. The molecular formula is C5H12F2Si. The van der Waals surface area contributed by atoms with Gasteiger partial charge < -0.3 is 4.11 Å². The molecule has 0 bridgehead atoms. The van der Waals surface area contributed by atoms with E-state index in [9.17, 15) is 8.50 Å². The second-order valence-corrected chi connectivity index (χ2v) is 6.45. The van der Waals surface area contributed by atoms with E-state index in [0.29, 0.717) is 12.5 Å². The van der Waals surface area contributed by atoms with E-state index in [-0.39, 0.29) is 6.67 Å². The van der Waals surface area contributed by atoms with Crippen molar-refractivity contribution in [3.8, 4) is 0 Å². The Labute approximate surface area is 50.1 Å². The minimum atomic E-state index is -2.42. The molecule has 0 N–H and O–H groups in total. The van der Waals surface area contributed by atoms with Gasteiger partial charge in [-0.1, -0.05) is 0 Å². The maximum atomic E-state index is 12.5. The van der Waals surface area contributed by atoms with Gasteiger partial charge in [-0.25, -0.2) is 0 Å². The Balaban J connectivity index is 3.11. The van der Waals surface area contributed by atoms with E-state index in [0.717, 1.165) is 0 Å². The number of alkyl halides is 1. The van der Waals surface area contributed by atoms with Crippen LogP contribution in [0.3, 0.4) is 0 Å². The number of rotatable bonds is 3. The first kappa shape index (κ1) is 8.08. The molecule has 0 aliphatic carbocycles. The van der Waals surface area contributed by atoms with Crippen LogP contribution in [0.25, 0.3) is 0 Å². The molecule has 0 spiro atoms. The minimum Gasteiger partial charge on any atom is -0.314 e. The first-order chi connectivity index (χ1) is 3.56. The molecule has 0 aromatic carbocycles. The first-order valence-electron chi connectivity index (χ1n) is 2.81. The summed E-state index contributed by atoms with van der Waals surface area (Å²) < 4.78 is 23.9. The van der Waals surface area contributed by atoms with Crippen LogP contribution < -0.4 is 0 Å². The monoisotopic (exact) mass is 138 g/mol. The quantitative estimate of drug-likeness (QED) is 0.415. The molecule has 3 heteroatoms. The molecule has 0 fully saturated rings. The second kappa shape index (κ2) is 3.17. The molecule has 0 aliphatic rings. The van der Waals surface area contributed by atoms with Gasteiger partial charge in [0.25, 0.3) is 0 Å². The summed E-state index contributed by atoms with van der Waals surface area (Å²) in [6.07, 6.45) is 0.399. The van der Waals surface area contributed by atoms with E-state index in [1.165, 1.54) is 0 Å². The molecule has 0 aromatic heterocycles. The van der Waals surface area contributed by atoms with Crippen LogP contribution in [0.2, 0.25) is 19.1 Å². The van der Waals surface area contributed by atoms with Crippen molar-refractivity contribution in [1.82, 2.24) is 0 Å². The zero-order valence-electron chi connectivity index (χ0n) is 5.38. The van der Waals surface area contributed by atoms with Gasteiger partial charge in [0.05, 0.1) is 6.67 Å². The Kier molecular flexibility index (Phi) is 3.20. The normalized spacial score (nSPS) is 12.0. The molecule has 8 heavy (non-hydrogen) atoms. The maximum Gasteiger partial charge on any atom is 0.241 e. The summed E-state index contributed by atoms with van der Waals surface area (Å²) >= 11 is 0. The van der Waals surface area contributed by atoms with E-state index in [2.05, 4.69) is 0 Å². The summed E-state index contributed by atoms with van der Waals surface area (Å²) in [6, 6.07) is 0.462. The van der Waals surface area contributed by atoms with Crippen molar-refractivity contribution >= 4 is 8.41 Å². The lowest BCUT2D eigenvalue weighted by molar-refractivity contribution is 0.482. The molecule has 0 saturated carbocycles. The van der Waals surface area contributed by atoms with Gasteiger partial charge in [0.15, 0.2) is 0 Å². The maximum absolute atomic E-state index is 12.5. The fourth-order valence-electron chi connectivity index (χ4n) is 0.487. The van der Waals surface area contributed by atoms with Gasteiger partial charge >= 0.3 is 0 Å². The molecule has 0 rings (SSSR count). The highest BCUT2D eigenvalue weighted by molar-refractivity contribution is 6.70. The Bertz CT molecular complexity index is 57.9. The average Bonchev–Trinajstić information content (AvgIpc) is 1.59. The second-order valence-electron chi connectivity index (χ2n) is 2.51. The molecule has 0 nitrogen and oxygen atoms in total. The Morgan fingerprint density at radius 1 is 1.38 bits per heavy atom. The van der Waals surface area contributed by atoms with E-state index < -0.39 is 8.41 Å². The summed E-state index contributed by atoms with van der Waals surface area (Å²) in [6.45, 7) is 2.83. The van der Waals surface area contributed by atoms with Crippen LogP contribution in [0.15, 0.2) is 0 Å². The molecular weight excluding hydrogens is 126 g/mol. The number of hydrogen-bond acceptors (Lipinski definition) is 0. The van der Waals surface area contributed by atoms with E-state index in [4.69, 9.17) is 0 Å². The fraction of sp³-hybridized carbons (Fsp3) is 1.00. The van der Waals surface area contributed by atoms with E-state index in [1.54, 1.807) is 13.1 Å². The van der Waals surface area contributed by atoms with Crippen molar-refractivity contribution in [2.24, 2.45) is 0 Å². The zero-order chi connectivity index (χ0) is 6.62. The van der Waals surface area contributed by atoms with Crippen molar-refractivity contribution < 1.29 is 8.50 Å². The van der Waals surface area contributed by atoms with Crippen molar-refractivity contribution in [1.29, 1.82) is 0 Å². The number of hydrogen-bond donors (Lipinski definition) is 0. The molecule has 0 atom stereocenters. The standard InChI is InChI=1S/C5H12F2Si/c1-8(2,7)5-3-4-6/h3-5H2,1-2H3. The predicted octanol–water partition coefficient (Wildman–Crippen LogP) is 2.52. The third-order valence-electron chi connectivity index (χ3n) is 0.905. The Morgan fingerprint density at radius 3 is 2.00 bits per heavy atom. The molecule has 0 heterocycles. The van der Waals surface area contributed by atoms with Crippen LogP contribution in [0, 0.1) is 0 Å². The molecule has 0 unspecified atom stereocenters. The van der Waals surface area contributed by atoms with Gasteiger partial charge in [0.1, 0.15) is 0 Å². The van der Waals surface area contributed by atoms with E-state index >= 15 is 0 Å². The molecule has 0 amide bonds. The molecule has 0 aliphatic heterocycles. The van der Waals surface area contributed by atoms with Gasteiger partial charge in [-0.3, -0.25) is 4.39 Å². The minimum absolute atomic E-state index is 0.375. The smallest absolute Gasteiger partial charge is 0.241 e. The predicted molar refractivity (Wildman–Crippen MR) is 34.0 cm³/mol. The molecule has 0 aromatic rings. The topological polar surface area (TPSA) is 0 Å². The Morgan fingerprint density at radius 2 is 1.88 bits per heavy atom. The van der Waals surface area contributed by atoms with Gasteiger partial charge in [-0.05, 0) is 25.6 Å². The van der Waals surface area contributed by atoms with Crippen LogP contribution >= 0.6 is 0 Å². The van der Waals surface area contributed by atoms with Crippen molar-refractivity contribution in [2.75, 3.05) is 6.67 Å². The third kappa shape index (κ3) is 6.08. The lowest BCUT2D eigenvalue weighted by Crippen LogP contribution is -2.17. The lowest BCUT2D eigenvalue weighted by atomic mass is 10.6. The van der Waals surface area contributed by atoms with Gasteiger partial charge in [0, 0.05) is 0 Å². The number of halogens is 2. The van der Waals surface area contributed by atoms with Crippen molar-refractivity contribution in [3.63, 3.8) is 0 Å². The van der Waals surface area contributed by atoms with Crippen LogP contribution in [-0.2, 0) is 0 Å². The van der Waals surface area contributed by atoms with Crippen LogP contribution in [0.1, 0.15) is 6.42 Å². The van der Waals surface area contributed by atoms with Gasteiger partial charge in [0.2, 0.25) is 8.41 Å². The molecule has 0 saturated heterocycles. The van der Waals surface area contributed by atoms with E-state index in [1.807, 2.05) is 0 Å². The summed E-state index contributed by atoms with van der Waals surface area (Å²) in [5.74, 6) is 0. The first-order valence-corrected chi connectivity index (χ1v) is 5.89.